The van der Waals surface area contributed by atoms with Crippen LogP contribution in [0.4, 0.5) is 5.69 Å². The van der Waals surface area contributed by atoms with Crippen molar-refractivity contribution in [2.24, 2.45) is 7.05 Å². The summed E-state index contributed by atoms with van der Waals surface area (Å²) < 4.78 is 12.2. The number of hydrogen-bond donors (Lipinski definition) is 1. The highest BCUT2D eigenvalue weighted by atomic mass is 16.5. The summed E-state index contributed by atoms with van der Waals surface area (Å²) in [6.45, 7) is 4.37. The first-order valence-electron chi connectivity index (χ1n) is 8.21. The Morgan fingerprint density at radius 3 is 3.08 bits per heavy atom. The maximum Gasteiger partial charge on any atom is 0.341 e. The highest BCUT2D eigenvalue weighted by molar-refractivity contribution is 5.90. The third-order valence-corrected chi connectivity index (χ3v) is 4.42. The summed E-state index contributed by atoms with van der Waals surface area (Å²) in [7, 11) is 3.31. The van der Waals surface area contributed by atoms with Crippen LogP contribution in [-0.4, -0.2) is 42.0 Å². The van der Waals surface area contributed by atoms with E-state index in [0.717, 1.165) is 37.4 Å². The third kappa shape index (κ3) is 3.62. The van der Waals surface area contributed by atoms with E-state index >= 15 is 0 Å². The van der Waals surface area contributed by atoms with E-state index < -0.39 is 0 Å². The number of hydrogen-bond acceptors (Lipinski definition) is 6. The maximum atomic E-state index is 11.6. The molecule has 0 saturated carbocycles. The number of anilines is 1. The standard InChI is InChI=1S/C17H24N4O3/c1-12-16(17(22)23-3)7-15(24-12)9-18-13-5-4-6-21(10-13)14-8-19-20(2)11-14/h7-8,11,13,18H,4-6,9-10H2,1-3H3. The Balaban J connectivity index is 1.57. The Labute approximate surface area is 141 Å². The molecular weight excluding hydrogens is 308 g/mol. The molecule has 1 aliphatic heterocycles. The molecule has 1 fully saturated rings. The van der Waals surface area contributed by atoms with Gasteiger partial charge in [0.15, 0.2) is 0 Å². The number of rotatable bonds is 5. The van der Waals surface area contributed by atoms with Crippen molar-refractivity contribution >= 4 is 11.7 Å². The fraction of sp³-hybridized carbons (Fsp3) is 0.529. The van der Waals surface area contributed by atoms with Crippen LogP contribution in [0, 0.1) is 6.92 Å². The van der Waals surface area contributed by atoms with Crippen molar-refractivity contribution in [2.45, 2.75) is 32.4 Å². The van der Waals surface area contributed by atoms with Gasteiger partial charge in [-0.1, -0.05) is 0 Å². The smallest absolute Gasteiger partial charge is 0.341 e. The normalized spacial score (nSPS) is 18.0. The highest BCUT2D eigenvalue weighted by Gasteiger charge is 2.21. The van der Waals surface area contributed by atoms with Gasteiger partial charge in [0.1, 0.15) is 17.1 Å². The zero-order valence-corrected chi connectivity index (χ0v) is 14.4. The van der Waals surface area contributed by atoms with Crippen molar-refractivity contribution in [2.75, 3.05) is 25.1 Å². The van der Waals surface area contributed by atoms with Gasteiger partial charge in [0, 0.05) is 32.4 Å². The van der Waals surface area contributed by atoms with Crippen LogP contribution in [0.2, 0.25) is 0 Å². The second kappa shape index (κ2) is 7.09. The molecule has 3 rings (SSSR count). The zero-order valence-electron chi connectivity index (χ0n) is 14.4. The molecule has 0 bridgehead atoms. The Kier molecular flexibility index (Phi) is 4.89. The summed E-state index contributed by atoms with van der Waals surface area (Å²) in [6, 6.07) is 2.14. The van der Waals surface area contributed by atoms with Gasteiger partial charge in [-0.3, -0.25) is 4.68 Å². The lowest BCUT2D eigenvalue weighted by molar-refractivity contribution is 0.0599. The van der Waals surface area contributed by atoms with E-state index in [1.807, 2.05) is 24.1 Å². The molecular formula is C17H24N4O3. The quantitative estimate of drug-likeness (QED) is 0.843. The van der Waals surface area contributed by atoms with Crippen molar-refractivity contribution in [1.29, 1.82) is 0 Å². The van der Waals surface area contributed by atoms with Crippen LogP contribution in [0.15, 0.2) is 22.9 Å². The van der Waals surface area contributed by atoms with Crippen molar-refractivity contribution in [3.8, 4) is 0 Å². The van der Waals surface area contributed by atoms with Crippen molar-refractivity contribution < 1.29 is 13.9 Å². The number of methoxy groups -OCH3 is 1. The van der Waals surface area contributed by atoms with E-state index in [4.69, 9.17) is 9.15 Å². The first kappa shape index (κ1) is 16.6. The van der Waals surface area contributed by atoms with Crippen LogP contribution >= 0.6 is 0 Å². The SMILES string of the molecule is COC(=O)c1cc(CNC2CCCN(c3cnn(C)c3)C2)oc1C. The van der Waals surface area contributed by atoms with Crippen LogP contribution < -0.4 is 10.2 Å². The molecule has 7 heteroatoms. The average Bonchev–Trinajstić information content (AvgIpc) is 3.18. The van der Waals surface area contributed by atoms with Gasteiger partial charge in [0.05, 0.1) is 25.5 Å². The third-order valence-electron chi connectivity index (χ3n) is 4.42. The summed E-state index contributed by atoms with van der Waals surface area (Å²) in [5.74, 6) is 0.994. The Bertz CT molecular complexity index is 707. The number of aryl methyl sites for hydroxylation is 2. The number of piperidine rings is 1. The molecule has 1 atom stereocenters. The minimum Gasteiger partial charge on any atom is -0.465 e. The van der Waals surface area contributed by atoms with Gasteiger partial charge in [-0.25, -0.2) is 4.79 Å². The van der Waals surface area contributed by atoms with Gasteiger partial charge < -0.3 is 19.4 Å². The number of ether oxygens (including phenoxy) is 1. The summed E-state index contributed by atoms with van der Waals surface area (Å²) in [5, 5.41) is 7.77. The molecule has 1 N–H and O–H groups in total. The topological polar surface area (TPSA) is 72.5 Å². The minimum atomic E-state index is -0.358. The molecule has 1 saturated heterocycles. The second-order valence-electron chi connectivity index (χ2n) is 6.21. The maximum absolute atomic E-state index is 11.6. The predicted octanol–water partition coefficient (Wildman–Crippen LogP) is 1.87. The van der Waals surface area contributed by atoms with Crippen LogP contribution in [0.25, 0.3) is 0 Å². The van der Waals surface area contributed by atoms with Crippen LogP contribution in [-0.2, 0) is 18.3 Å². The lowest BCUT2D eigenvalue weighted by atomic mass is 10.1. The van der Waals surface area contributed by atoms with Crippen LogP contribution in [0.5, 0.6) is 0 Å². The lowest BCUT2D eigenvalue weighted by Crippen LogP contribution is -2.45. The molecule has 3 heterocycles. The summed E-state index contributed by atoms with van der Waals surface area (Å²) >= 11 is 0. The van der Waals surface area contributed by atoms with Gasteiger partial charge >= 0.3 is 5.97 Å². The number of carbonyl (C=O) groups is 1. The Morgan fingerprint density at radius 1 is 1.54 bits per heavy atom. The molecule has 0 aliphatic carbocycles. The van der Waals surface area contributed by atoms with Gasteiger partial charge in [-0.05, 0) is 25.8 Å². The summed E-state index contributed by atoms with van der Waals surface area (Å²) in [6.07, 6.45) is 6.21. The van der Waals surface area contributed by atoms with Gasteiger partial charge in [0.25, 0.3) is 0 Å². The van der Waals surface area contributed by atoms with Crippen LogP contribution in [0.1, 0.15) is 34.7 Å². The molecule has 0 radical (unpaired) electrons. The van der Waals surface area contributed by atoms with E-state index in [-0.39, 0.29) is 5.97 Å². The molecule has 24 heavy (non-hydrogen) atoms. The first-order valence-corrected chi connectivity index (χ1v) is 8.21. The van der Waals surface area contributed by atoms with Gasteiger partial charge in [0.2, 0.25) is 0 Å². The zero-order chi connectivity index (χ0) is 17.1. The second-order valence-corrected chi connectivity index (χ2v) is 6.21. The number of carbonyl (C=O) groups excluding carboxylic acids is 1. The van der Waals surface area contributed by atoms with Crippen molar-refractivity contribution in [1.82, 2.24) is 15.1 Å². The molecule has 0 amide bonds. The van der Waals surface area contributed by atoms with E-state index in [1.54, 1.807) is 13.0 Å². The van der Waals surface area contributed by atoms with Crippen molar-refractivity contribution in [3.63, 3.8) is 0 Å². The van der Waals surface area contributed by atoms with Gasteiger partial charge in [-0.2, -0.15) is 5.10 Å². The molecule has 130 valence electrons. The average molecular weight is 332 g/mol. The summed E-state index contributed by atoms with van der Waals surface area (Å²) in [5.41, 5.74) is 1.65. The molecule has 2 aromatic heterocycles. The molecule has 2 aromatic rings. The first-order chi connectivity index (χ1) is 11.6. The molecule has 0 spiro atoms. The highest BCUT2D eigenvalue weighted by Crippen LogP contribution is 2.20. The number of esters is 1. The number of nitrogens with zero attached hydrogens (tertiary/aromatic N) is 3. The largest absolute Gasteiger partial charge is 0.465 e. The number of furan rings is 1. The number of nitrogens with one attached hydrogen (secondary N) is 1. The molecule has 7 nitrogen and oxygen atoms in total. The van der Waals surface area contributed by atoms with E-state index in [2.05, 4.69) is 15.3 Å². The molecule has 0 aromatic carbocycles. The monoisotopic (exact) mass is 332 g/mol. The Morgan fingerprint density at radius 2 is 2.38 bits per heavy atom. The van der Waals surface area contributed by atoms with E-state index in [0.29, 0.717) is 23.9 Å². The fourth-order valence-corrected chi connectivity index (χ4v) is 3.14. The summed E-state index contributed by atoms with van der Waals surface area (Å²) in [4.78, 5) is 14.0. The van der Waals surface area contributed by atoms with E-state index in [9.17, 15) is 4.79 Å². The number of aromatic nitrogens is 2. The Hall–Kier alpha value is -2.28. The predicted molar refractivity (Wildman–Crippen MR) is 90.1 cm³/mol. The minimum absolute atomic E-state index is 0.358. The van der Waals surface area contributed by atoms with Gasteiger partial charge in [-0.15, -0.1) is 0 Å². The fourth-order valence-electron chi connectivity index (χ4n) is 3.14. The van der Waals surface area contributed by atoms with E-state index in [1.165, 1.54) is 7.11 Å². The van der Waals surface area contributed by atoms with Crippen LogP contribution in [0.3, 0.4) is 0 Å². The molecule has 1 aliphatic rings. The van der Waals surface area contributed by atoms with Crippen molar-refractivity contribution in [3.05, 3.63) is 35.5 Å². The molecule has 1 unspecified atom stereocenters. The lowest BCUT2D eigenvalue weighted by Gasteiger charge is -2.33.